The number of ether oxygens (including phenoxy) is 1. The lowest BCUT2D eigenvalue weighted by Crippen LogP contribution is -2.14. The molecule has 8 heteroatoms. The molecule has 4 nitrogen and oxygen atoms in total. The van der Waals surface area contributed by atoms with E-state index in [0.717, 1.165) is 15.6 Å². The van der Waals surface area contributed by atoms with Crippen LogP contribution in [0.3, 0.4) is 0 Å². The molecule has 0 fully saturated rings. The van der Waals surface area contributed by atoms with Crippen LogP contribution in [0.5, 0.6) is 5.75 Å². The van der Waals surface area contributed by atoms with Gasteiger partial charge < -0.3 is 10.1 Å². The second kappa shape index (κ2) is 11.0. The number of anilines is 1. The molecule has 0 saturated heterocycles. The van der Waals surface area contributed by atoms with Crippen molar-refractivity contribution < 1.29 is 9.53 Å². The van der Waals surface area contributed by atoms with E-state index < -0.39 is 5.91 Å². The lowest BCUT2D eigenvalue weighted by molar-refractivity contribution is -0.112. The van der Waals surface area contributed by atoms with Crippen LogP contribution in [0, 0.1) is 18.3 Å². The first-order chi connectivity index (χ1) is 15.3. The SMILES string of the molecule is Cc1ccccc1NC(=O)/C(C#N)=C/c1cc(Br)cc(Br)c1OCc1ccc(Cl)cc1Cl. The van der Waals surface area contributed by atoms with Crippen molar-refractivity contribution in [1.29, 1.82) is 5.26 Å². The Morgan fingerprint density at radius 3 is 2.59 bits per heavy atom. The number of halogens is 4. The monoisotopic (exact) mass is 592 g/mol. The summed E-state index contributed by atoms with van der Waals surface area (Å²) in [5.41, 5.74) is 2.77. The zero-order valence-corrected chi connectivity index (χ0v) is 21.4. The van der Waals surface area contributed by atoms with E-state index in [4.69, 9.17) is 27.9 Å². The summed E-state index contributed by atoms with van der Waals surface area (Å²) in [7, 11) is 0. The first kappa shape index (κ1) is 24.3. The van der Waals surface area contributed by atoms with Crippen LogP contribution in [0.1, 0.15) is 16.7 Å². The standard InChI is InChI=1S/C24H16Br2Cl2N2O2/c1-14-4-2-3-5-22(14)30-24(31)17(12-29)8-16-9-18(25)10-20(26)23(16)32-13-15-6-7-19(27)11-21(15)28/h2-11H,13H2,1H3,(H,30,31)/b17-8+. The highest BCUT2D eigenvalue weighted by Gasteiger charge is 2.15. The molecular weight excluding hydrogens is 579 g/mol. The van der Waals surface area contributed by atoms with Gasteiger partial charge in [-0.25, -0.2) is 0 Å². The van der Waals surface area contributed by atoms with Crippen molar-refractivity contribution in [3.63, 3.8) is 0 Å². The number of benzene rings is 3. The highest BCUT2D eigenvalue weighted by molar-refractivity contribution is 9.11. The van der Waals surface area contributed by atoms with Gasteiger partial charge in [0.2, 0.25) is 0 Å². The van der Waals surface area contributed by atoms with Gasteiger partial charge in [-0.2, -0.15) is 5.26 Å². The van der Waals surface area contributed by atoms with Gasteiger partial charge >= 0.3 is 0 Å². The summed E-state index contributed by atoms with van der Waals surface area (Å²) >= 11 is 19.1. The van der Waals surface area contributed by atoms with Crippen molar-refractivity contribution in [1.82, 2.24) is 0 Å². The van der Waals surface area contributed by atoms with Crippen LogP contribution in [-0.2, 0) is 11.4 Å². The van der Waals surface area contributed by atoms with Gasteiger partial charge in [0.1, 0.15) is 24.0 Å². The minimum atomic E-state index is -0.510. The van der Waals surface area contributed by atoms with E-state index >= 15 is 0 Å². The van der Waals surface area contributed by atoms with Gasteiger partial charge in [0, 0.05) is 31.3 Å². The minimum Gasteiger partial charge on any atom is -0.487 e. The van der Waals surface area contributed by atoms with E-state index in [1.54, 1.807) is 30.3 Å². The molecule has 0 heterocycles. The summed E-state index contributed by atoms with van der Waals surface area (Å²) in [4.78, 5) is 12.7. The first-order valence-electron chi connectivity index (χ1n) is 9.33. The second-order valence-electron chi connectivity index (χ2n) is 6.77. The number of para-hydroxylation sites is 1. The average Bonchev–Trinajstić information content (AvgIpc) is 2.74. The predicted octanol–water partition coefficient (Wildman–Crippen LogP) is 7.95. The van der Waals surface area contributed by atoms with Crippen molar-refractivity contribution in [3.8, 4) is 11.8 Å². The molecule has 0 spiro atoms. The lowest BCUT2D eigenvalue weighted by Gasteiger charge is -2.14. The Balaban J connectivity index is 1.91. The maximum Gasteiger partial charge on any atom is 0.266 e. The number of aryl methyl sites for hydroxylation is 1. The Morgan fingerprint density at radius 2 is 1.91 bits per heavy atom. The third-order valence-electron chi connectivity index (χ3n) is 4.48. The highest BCUT2D eigenvalue weighted by atomic mass is 79.9. The molecule has 3 rings (SSSR count). The number of nitrogens with one attached hydrogen (secondary N) is 1. The van der Waals surface area contributed by atoms with E-state index in [1.807, 2.05) is 37.3 Å². The topological polar surface area (TPSA) is 62.1 Å². The summed E-state index contributed by atoms with van der Waals surface area (Å²) in [5, 5.41) is 13.4. The number of nitriles is 1. The van der Waals surface area contributed by atoms with Gasteiger partial charge in [0.05, 0.1) is 4.47 Å². The summed E-state index contributed by atoms with van der Waals surface area (Å²) in [6.45, 7) is 2.05. The van der Waals surface area contributed by atoms with Crippen LogP contribution in [0.25, 0.3) is 6.08 Å². The average molecular weight is 595 g/mol. The summed E-state index contributed by atoms with van der Waals surface area (Å²) in [6.07, 6.45) is 1.49. The smallest absolute Gasteiger partial charge is 0.266 e. The molecule has 0 aliphatic carbocycles. The zero-order valence-electron chi connectivity index (χ0n) is 16.8. The molecule has 0 bridgehead atoms. The molecule has 0 unspecified atom stereocenters. The van der Waals surface area contributed by atoms with Gasteiger partial charge in [0.25, 0.3) is 5.91 Å². The summed E-state index contributed by atoms with van der Waals surface area (Å²) < 4.78 is 7.42. The molecule has 32 heavy (non-hydrogen) atoms. The third-order valence-corrected chi connectivity index (χ3v) is 6.12. The lowest BCUT2D eigenvalue weighted by atomic mass is 10.1. The predicted molar refractivity (Wildman–Crippen MR) is 136 cm³/mol. The summed E-state index contributed by atoms with van der Waals surface area (Å²) in [6, 6.07) is 18.1. The number of rotatable bonds is 6. The van der Waals surface area contributed by atoms with Gasteiger partial charge in [-0.15, -0.1) is 0 Å². The third kappa shape index (κ3) is 6.14. The molecule has 0 radical (unpaired) electrons. The van der Waals surface area contributed by atoms with Crippen molar-refractivity contribution in [2.75, 3.05) is 5.32 Å². The zero-order chi connectivity index (χ0) is 23.3. The molecule has 0 aliphatic heterocycles. The van der Waals surface area contributed by atoms with E-state index in [0.29, 0.717) is 31.5 Å². The Bertz CT molecular complexity index is 1250. The van der Waals surface area contributed by atoms with Crippen LogP contribution >= 0.6 is 55.1 Å². The first-order valence-corrected chi connectivity index (χ1v) is 11.7. The molecule has 3 aromatic carbocycles. The second-order valence-corrected chi connectivity index (χ2v) is 9.38. The van der Waals surface area contributed by atoms with Gasteiger partial charge in [0.15, 0.2) is 0 Å². The molecule has 3 aromatic rings. The van der Waals surface area contributed by atoms with Gasteiger partial charge in [-0.05, 0) is 64.8 Å². The van der Waals surface area contributed by atoms with E-state index in [-0.39, 0.29) is 12.2 Å². The van der Waals surface area contributed by atoms with Crippen LogP contribution < -0.4 is 10.1 Å². The van der Waals surface area contributed by atoms with Crippen molar-refractivity contribution >= 4 is 72.7 Å². The molecule has 0 aliphatic rings. The number of hydrogen-bond donors (Lipinski definition) is 1. The van der Waals surface area contributed by atoms with E-state index in [2.05, 4.69) is 37.2 Å². The van der Waals surface area contributed by atoms with Crippen molar-refractivity contribution in [2.24, 2.45) is 0 Å². The van der Waals surface area contributed by atoms with E-state index in [1.165, 1.54) is 6.08 Å². The molecule has 1 N–H and O–H groups in total. The number of hydrogen-bond acceptors (Lipinski definition) is 3. The van der Waals surface area contributed by atoms with Gasteiger partial charge in [-0.1, -0.05) is 63.4 Å². The summed E-state index contributed by atoms with van der Waals surface area (Å²) in [5.74, 6) is -0.0414. The van der Waals surface area contributed by atoms with Crippen LogP contribution in [-0.4, -0.2) is 5.91 Å². The Kier molecular flexibility index (Phi) is 8.38. The maximum atomic E-state index is 12.7. The molecule has 0 aromatic heterocycles. The fraction of sp³-hybridized carbons (Fsp3) is 0.0833. The van der Waals surface area contributed by atoms with Crippen molar-refractivity contribution in [2.45, 2.75) is 13.5 Å². The highest BCUT2D eigenvalue weighted by Crippen LogP contribution is 2.35. The Morgan fingerprint density at radius 1 is 1.16 bits per heavy atom. The molecule has 0 saturated carbocycles. The van der Waals surface area contributed by atoms with Gasteiger partial charge in [-0.3, -0.25) is 4.79 Å². The van der Waals surface area contributed by atoms with Crippen LogP contribution in [0.15, 0.2) is 69.1 Å². The number of carbonyl (C=O) groups is 1. The molecule has 162 valence electrons. The largest absolute Gasteiger partial charge is 0.487 e. The van der Waals surface area contributed by atoms with Crippen LogP contribution in [0.4, 0.5) is 5.69 Å². The number of nitrogens with zero attached hydrogens (tertiary/aromatic N) is 1. The maximum absolute atomic E-state index is 12.7. The molecule has 0 atom stereocenters. The molecule has 1 amide bonds. The fourth-order valence-electron chi connectivity index (χ4n) is 2.84. The number of amides is 1. The fourth-order valence-corrected chi connectivity index (χ4v) is 4.67. The van der Waals surface area contributed by atoms with E-state index in [9.17, 15) is 10.1 Å². The minimum absolute atomic E-state index is 0.0624. The van der Waals surface area contributed by atoms with Crippen LogP contribution in [0.2, 0.25) is 10.0 Å². The molecular formula is C24H16Br2Cl2N2O2. The normalized spacial score (nSPS) is 11.1. The van der Waals surface area contributed by atoms with Crippen molar-refractivity contribution in [3.05, 3.63) is 95.9 Å². The Hall–Kier alpha value is -2.30. The quantitative estimate of drug-likeness (QED) is 0.233. The number of carbonyl (C=O) groups excluding carboxylic acids is 1. The Labute approximate surface area is 213 Å².